The SMILES string of the molecule is Cn1nccc1-n1cnc2ccccc21. The summed E-state index contributed by atoms with van der Waals surface area (Å²) in [5, 5.41) is 4.15. The maximum atomic E-state index is 4.34. The Kier molecular flexibility index (Phi) is 1.62. The number of aromatic nitrogens is 4. The second-order valence-electron chi connectivity index (χ2n) is 3.42. The van der Waals surface area contributed by atoms with E-state index in [4.69, 9.17) is 0 Å². The Labute approximate surface area is 86.8 Å². The van der Waals surface area contributed by atoms with Crippen LogP contribution in [0.3, 0.4) is 0 Å². The van der Waals surface area contributed by atoms with Crippen molar-refractivity contribution in [2.45, 2.75) is 0 Å². The molecule has 2 heterocycles. The molecule has 0 N–H and O–H groups in total. The van der Waals surface area contributed by atoms with Crippen LogP contribution in [-0.2, 0) is 7.05 Å². The fourth-order valence-corrected chi connectivity index (χ4v) is 1.74. The highest BCUT2D eigenvalue weighted by atomic mass is 15.3. The van der Waals surface area contributed by atoms with E-state index in [-0.39, 0.29) is 0 Å². The minimum absolute atomic E-state index is 0.999. The van der Waals surface area contributed by atoms with Crippen LogP contribution in [0.25, 0.3) is 16.9 Å². The van der Waals surface area contributed by atoms with Crippen LogP contribution < -0.4 is 0 Å². The first kappa shape index (κ1) is 8.23. The van der Waals surface area contributed by atoms with Gasteiger partial charge in [-0.2, -0.15) is 5.10 Å². The molecule has 0 unspecified atom stereocenters. The van der Waals surface area contributed by atoms with E-state index in [9.17, 15) is 0 Å². The zero-order chi connectivity index (χ0) is 10.3. The molecule has 0 atom stereocenters. The number of hydrogen-bond acceptors (Lipinski definition) is 2. The van der Waals surface area contributed by atoms with Gasteiger partial charge >= 0.3 is 0 Å². The maximum Gasteiger partial charge on any atom is 0.136 e. The number of imidazole rings is 1. The molecule has 15 heavy (non-hydrogen) atoms. The molecule has 0 saturated carbocycles. The van der Waals surface area contributed by atoms with Crippen molar-refractivity contribution in [1.82, 2.24) is 19.3 Å². The lowest BCUT2D eigenvalue weighted by atomic mass is 10.3. The molecule has 0 aliphatic carbocycles. The van der Waals surface area contributed by atoms with Gasteiger partial charge in [-0.05, 0) is 12.1 Å². The number of rotatable bonds is 1. The quantitative estimate of drug-likeness (QED) is 0.597. The molecule has 4 heteroatoms. The topological polar surface area (TPSA) is 35.6 Å². The Morgan fingerprint density at radius 1 is 1.13 bits per heavy atom. The molecule has 0 saturated heterocycles. The highest BCUT2D eigenvalue weighted by molar-refractivity contribution is 5.76. The minimum atomic E-state index is 0.999. The van der Waals surface area contributed by atoms with E-state index < -0.39 is 0 Å². The Balaban J connectivity index is 2.32. The van der Waals surface area contributed by atoms with Crippen molar-refractivity contribution in [3.05, 3.63) is 42.9 Å². The minimum Gasteiger partial charge on any atom is -0.283 e. The van der Waals surface area contributed by atoms with Crippen molar-refractivity contribution >= 4 is 11.0 Å². The van der Waals surface area contributed by atoms with Gasteiger partial charge in [0.1, 0.15) is 12.1 Å². The monoisotopic (exact) mass is 198 g/mol. The van der Waals surface area contributed by atoms with Crippen molar-refractivity contribution in [2.75, 3.05) is 0 Å². The van der Waals surface area contributed by atoms with Gasteiger partial charge in [0.2, 0.25) is 0 Å². The molecule has 0 bridgehead atoms. The van der Waals surface area contributed by atoms with Crippen LogP contribution in [0.15, 0.2) is 42.9 Å². The molecule has 0 aliphatic rings. The van der Waals surface area contributed by atoms with Gasteiger partial charge in [0, 0.05) is 13.1 Å². The van der Waals surface area contributed by atoms with Crippen LogP contribution in [-0.4, -0.2) is 19.3 Å². The van der Waals surface area contributed by atoms with Crippen LogP contribution in [0, 0.1) is 0 Å². The predicted molar refractivity (Wildman–Crippen MR) is 57.8 cm³/mol. The summed E-state index contributed by atoms with van der Waals surface area (Å²) >= 11 is 0. The molecule has 74 valence electrons. The molecule has 0 fully saturated rings. The smallest absolute Gasteiger partial charge is 0.136 e. The summed E-state index contributed by atoms with van der Waals surface area (Å²) in [5.74, 6) is 1.02. The van der Waals surface area contributed by atoms with Gasteiger partial charge < -0.3 is 0 Å². The molecule has 3 rings (SSSR count). The third-order valence-electron chi connectivity index (χ3n) is 2.50. The van der Waals surface area contributed by atoms with E-state index in [1.165, 1.54) is 0 Å². The van der Waals surface area contributed by atoms with E-state index >= 15 is 0 Å². The number of para-hydroxylation sites is 2. The van der Waals surface area contributed by atoms with Gasteiger partial charge in [0.15, 0.2) is 0 Å². The van der Waals surface area contributed by atoms with E-state index in [1.807, 2.05) is 46.9 Å². The number of aryl methyl sites for hydroxylation is 1. The summed E-state index contributed by atoms with van der Waals surface area (Å²) in [6.07, 6.45) is 3.60. The normalized spacial score (nSPS) is 11.0. The lowest BCUT2D eigenvalue weighted by Gasteiger charge is -2.03. The molecule has 4 nitrogen and oxygen atoms in total. The van der Waals surface area contributed by atoms with Crippen LogP contribution >= 0.6 is 0 Å². The molecule has 0 amide bonds. The zero-order valence-electron chi connectivity index (χ0n) is 8.33. The van der Waals surface area contributed by atoms with E-state index in [0.717, 1.165) is 16.9 Å². The van der Waals surface area contributed by atoms with Gasteiger partial charge in [0.25, 0.3) is 0 Å². The molecule has 0 spiro atoms. The molecule has 1 aromatic carbocycles. The average molecular weight is 198 g/mol. The van der Waals surface area contributed by atoms with E-state index in [0.29, 0.717) is 0 Å². The summed E-state index contributed by atoms with van der Waals surface area (Å²) in [6.45, 7) is 0. The number of fused-ring (bicyclic) bond motifs is 1. The molecular formula is C11H10N4. The first-order valence-electron chi connectivity index (χ1n) is 4.77. The summed E-state index contributed by atoms with van der Waals surface area (Å²) in [6, 6.07) is 10.0. The second kappa shape index (κ2) is 2.95. The zero-order valence-corrected chi connectivity index (χ0v) is 8.33. The van der Waals surface area contributed by atoms with Crippen LogP contribution in [0.1, 0.15) is 0 Å². The Bertz CT molecular complexity index is 606. The van der Waals surface area contributed by atoms with Gasteiger partial charge in [-0.3, -0.25) is 9.25 Å². The fraction of sp³-hybridized carbons (Fsp3) is 0.0909. The highest BCUT2D eigenvalue weighted by Gasteiger charge is 2.05. The largest absolute Gasteiger partial charge is 0.283 e. The van der Waals surface area contributed by atoms with E-state index in [2.05, 4.69) is 16.1 Å². The second-order valence-corrected chi connectivity index (χ2v) is 3.42. The summed E-state index contributed by atoms with van der Waals surface area (Å²) in [7, 11) is 1.92. The number of nitrogens with zero attached hydrogens (tertiary/aromatic N) is 4. The lowest BCUT2D eigenvalue weighted by molar-refractivity contribution is 0.734. The third kappa shape index (κ3) is 1.15. The average Bonchev–Trinajstić information content (AvgIpc) is 2.83. The molecule has 2 aromatic heterocycles. The highest BCUT2D eigenvalue weighted by Crippen LogP contribution is 2.16. The van der Waals surface area contributed by atoms with Crippen molar-refractivity contribution in [3.63, 3.8) is 0 Å². The Morgan fingerprint density at radius 2 is 2.00 bits per heavy atom. The molecule has 0 aliphatic heterocycles. The van der Waals surface area contributed by atoms with Crippen molar-refractivity contribution in [3.8, 4) is 5.82 Å². The van der Waals surface area contributed by atoms with E-state index in [1.54, 1.807) is 6.20 Å². The number of benzene rings is 1. The van der Waals surface area contributed by atoms with Crippen molar-refractivity contribution < 1.29 is 0 Å². The molecule has 0 radical (unpaired) electrons. The van der Waals surface area contributed by atoms with Crippen LogP contribution in [0.2, 0.25) is 0 Å². The third-order valence-corrected chi connectivity index (χ3v) is 2.50. The van der Waals surface area contributed by atoms with Gasteiger partial charge in [-0.25, -0.2) is 4.98 Å². The van der Waals surface area contributed by atoms with Crippen molar-refractivity contribution in [1.29, 1.82) is 0 Å². The van der Waals surface area contributed by atoms with Gasteiger partial charge in [-0.1, -0.05) is 12.1 Å². The maximum absolute atomic E-state index is 4.34. The Morgan fingerprint density at radius 3 is 2.80 bits per heavy atom. The standard InChI is InChI=1S/C11H10N4/c1-14-11(6-7-13-14)15-8-12-9-4-2-3-5-10(9)15/h2-8H,1H3. The summed E-state index contributed by atoms with van der Waals surface area (Å²) < 4.78 is 3.86. The van der Waals surface area contributed by atoms with Crippen LogP contribution in [0.5, 0.6) is 0 Å². The summed E-state index contributed by atoms with van der Waals surface area (Å²) in [4.78, 5) is 4.34. The predicted octanol–water partition coefficient (Wildman–Crippen LogP) is 1.76. The number of hydrogen-bond donors (Lipinski definition) is 0. The summed E-state index contributed by atoms with van der Waals surface area (Å²) in [5.41, 5.74) is 2.10. The molecular weight excluding hydrogens is 188 g/mol. The van der Waals surface area contributed by atoms with Gasteiger partial charge in [-0.15, -0.1) is 0 Å². The van der Waals surface area contributed by atoms with Crippen LogP contribution in [0.4, 0.5) is 0 Å². The Hall–Kier alpha value is -2.10. The first-order valence-corrected chi connectivity index (χ1v) is 4.77. The lowest BCUT2D eigenvalue weighted by Crippen LogP contribution is -2.01. The van der Waals surface area contributed by atoms with Crippen molar-refractivity contribution in [2.24, 2.45) is 7.05 Å². The molecule has 3 aromatic rings. The first-order chi connectivity index (χ1) is 7.36. The fourth-order valence-electron chi connectivity index (χ4n) is 1.74. The van der Waals surface area contributed by atoms with Gasteiger partial charge in [0.05, 0.1) is 17.2 Å².